The Hall–Kier alpha value is -3.45. The predicted molar refractivity (Wildman–Crippen MR) is 144 cm³/mol. The molecule has 13 heteroatoms. The summed E-state index contributed by atoms with van der Waals surface area (Å²) in [4.78, 5) is 11.5. The van der Waals surface area contributed by atoms with Crippen LogP contribution in [0.25, 0.3) is 22.0 Å². The fourth-order valence-electron chi connectivity index (χ4n) is 6.35. The summed E-state index contributed by atoms with van der Waals surface area (Å²) in [5.74, 6) is -3.91. The highest BCUT2D eigenvalue weighted by atomic mass is 19.4. The van der Waals surface area contributed by atoms with Gasteiger partial charge in [-0.25, -0.2) is 18.7 Å². The molecule has 2 aromatic heterocycles. The number of halogens is 5. The molecule has 3 N–H and O–H groups in total. The van der Waals surface area contributed by atoms with E-state index in [0.717, 1.165) is 18.9 Å². The van der Waals surface area contributed by atoms with Gasteiger partial charge in [0.2, 0.25) is 5.88 Å². The zero-order valence-corrected chi connectivity index (χ0v) is 22.1. The number of nitrogens with two attached hydrogens (primary N) is 1. The van der Waals surface area contributed by atoms with Crippen LogP contribution in [-0.2, 0) is 6.42 Å². The van der Waals surface area contributed by atoms with Crippen LogP contribution in [-0.4, -0.2) is 72.5 Å². The number of pyridine rings is 2. The van der Waals surface area contributed by atoms with Crippen molar-refractivity contribution in [3.8, 4) is 22.9 Å². The van der Waals surface area contributed by atoms with Crippen molar-refractivity contribution < 1.29 is 39.7 Å². The van der Waals surface area contributed by atoms with Crippen molar-refractivity contribution in [3.05, 3.63) is 35.0 Å². The highest BCUT2D eigenvalue weighted by Gasteiger charge is 2.47. The molecule has 3 aromatic rings. The third-order valence-corrected chi connectivity index (χ3v) is 8.00. The second-order valence-corrected chi connectivity index (χ2v) is 10.7. The quantitative estimate of drug-likeness (QED) is 0.334. The second-order valence-electron chi connectivity index (χ2n) is 10.7. The number of nitrogen functional groups attached to an aromatic ring is 1. The predicted octanol–water partition coefficient (Wildman–Crippen LogP) is 4.56. The molecule has 4 atom stereocenters. The number of piperazine rings is 1. The van der Waals surface area contributed by atoms with E-state index < -0.39 is 61.6 Å². The van der Waals surface area contributed by atoms with Crippen LogP contribution in [0.15, 0.2) is 12.1 Å². The maximum Gasteiger partial charge on any atom is 0.573 e. The van der Waals surface area contributed by atoms with Gasteiger partial charge in [0.25, 0.3) is 0 Å². The first-order chi connectivity index (χ1) is 21.7. The highest BCUT2D eigenvalue weighted by molar-refractivity contribution is 6.02. The molecule has 220 valence electrons. The fourth-order valence-corrected chi connectivity index (χ4v) is 6.35. The van der Waals surface area contributed by atoms with Crippen LogP contribution in [0.1, 0.15) is 39.2 Å². The molecule has 3 aliphatic heterocycles. The zero-order chi connectivity index (χ0) is 34.4. The van der Waals surface area contributed by atoms with E-state index in [1.807, 2.05) is 4.90 Å². The van der Waals surface area contributed by atoms with Gasteiger partial charge in [0.1, 0.15) is 17.6 Å². The van der Waals surface area contributed by atoms with Crippen LogP contribution in [0.2, 0.25) is 0 Å². The van der Waals surface area contributed by atoms with Gasteiger partial charge in [-0.3, -0.25) is 0 Å². The summed E-state index contributed by atoms with van der Waals surface area (Å²) in [6, 6.07) is 1.19. The molecule has 0 spiro atoms. The van der Waals surface area contributed by atoms with Crippen molar-refractivity contribution in [1.29, 1.82) is 0 Å². The number of hydrogen-bond acceptors (Lipinski definition) is 8. The van der Waals surface area contributed by atoms with E-state index >= 15 is 4.39 Å². The van der Waals surface area contributed by atoms with Crippen LogP contribution in [0.3, 0.4) is 0 Å². The zero-order valence-electron chi connectivity index (χ0n) is 28.1. The minimum atomic E-state index is -5.34. The van der Waals surface area contributed by atoms with E-state index in [1.165, 1.54) is 6.92 Å². The molecule has 1 aromatic carbocycles. The van der Waals surface area contributed by atoms with Gasteiger partial charge in [-0.15, -0.1) is 13.2 Å². The van der Waals surface area contributed by atoms with Gasteiger partial charge in [-0.1, -0.05) is 0 Å². The van der Waals surface area contributed by atoms with Crippen LogP contribution in [0.4, 0.5) is 33.5 Å². The van der Waals surface area contributed by atoms with Crippen molar-refractivity contribution in [1.82, 2.24) is 20.2 Å². The Morgan fingerprint density at radius 3 is 2.73 bits per heavy atom. The van der Waals surface area contributed by atoms with Crippen molar-refractivity contribution in [2.45, 2.75) is 63.7 Å². The lowest BCUT2D eigenvalue weighted by molar-refractivity contribution is -0.275. The van der Waals surface area contributed by atoms with Crippen LogP contribution < -0.4 is 25.4 Å². The molecule has 5 heterocycles. The minimum absolute atomic E-state index is 0.0552. The fraction of sp³-hybridized carbons (Fsp3) is 0.500. The number of hydrogen-bond donors (Lipinski definition) is 2. The molecule has 0 radical (unpaired) electrons. The van der Waals surface area contributed by atoms with Gasteiger partial charge in [0.05, 0.1) is 17.0 Å². The number of likely N-dealkylation sites (N-methyl/N-ethyl adjacent to an activating group) is 1. The third-order valence-electron chi connectivity index (χ3n) is 8.00. The number of aryl methyl sites for hydroxylation is 1. The summed E-state index contributed by atoms with van der Waals surface area (Å²) < 4.78 is 129. The molecule has 2 saturated heterocycles. The number of alkyl halides is 3. The minimum Gasteiger partial charge on any atom is -0.472 e. The molecular formula is C28H31F5N6O2. The van der Waals surface area contributed by atoms with Gasteiger partial charge in [0, 0.05) is 62.7 Å². The van der Waals surface area contributed by atoms with Gasteiger partial charge in [0.15, 0.2) is 17.4 Å². The van der Waals surface area contributed by atoms with Crippen molar-refractivity contribution in [2.24, 2.45) is 0 Å². The van der Waals surface area contributed by atoms with E-state index in [-0.39, 0.29) is 64.0 Å². The van der Waals surface area contributed by atoms with Crippen LogP contribution in [0.5, 0.6) is 11.6 Å². The average molecular weight is 585 g/mol. The van der Waals surface area contributed by atoms with Gasteiger partial charge < -0.3 is 30.3 Å². The Labute approximate surface area is 242 Å². The lowest BCUT2D eigenvalue weighted by Crippen LogP contribution is -2.62. The summed E-state index contributed by atoms with van der Waals surface area (Å²) in [7, 11) is 0. The monoisotopic (exact) mass is 584 g/mol. The summed E-state index contributed by atoms with van der Waals surface area (Å²) in [6.07, 6.45) is -4.52. The van der Waals surface area contributed by atoms with Gasteiger partial charge in [-0.2, -0.15) is 0 Å². The van der Waals surface area contributed by atoms with Crippen molar-refractivity contribution >= 4 is 22.3 Å². The van der Waals surface area contributed by atoms with Gasteiger partial charge >= 0.3 is 6.36 Å². The summed E-state index contributed by atoms with van der Waals surface area (Å²) >= 11 is 0. The van der Waals surface area contributed by atoms with Crippen molar-refractivity contribution in [3.63, 3.8) is 0 Å². The Balaban J connectivity index is 1.61. The lowest BCUT2D eigenvalue weighted by atomic mass is 9.97. The number of nitrogens with one attached hydrogen (secondary N) is 1. The van der Waals surface area contributed by atoms with E-state index in [0.29, 0.717) is 17.5 Å². The lowest BCUT2D eigenvalue weighted by Gasteiger charge is -2.43. The van der Waals surface area contributed by atoms with E-state index in [9.17, 15) is 17.6 Å². The van der Waals surface area contributed by atoms with Gasteiger partial charge in [-0.05, 0) is 52.3 Å². The topological polar surface area (TPSA) is 88.8 Å². The Morgan fingerprint density at radius 2 is 2.00 bits per heavy atom. The molecule has 2 fully saturated rings. The van der Waals surface area contributed by atoms with Crippen LogP contribution >= 0.6 is 0 Å². The maximum absolute atomic E-state index is 16.9. The molecule has 0 saturated carbocycles. The van der Waals surface area contributed by atoms with Crippen molar-refractivity contribution in [2.75, 3.05) is 37.7 Å². The number of nitrogens with zero attached hydrogens (tertiary/aromatic N) is 4. The maximum atomic E-state index is 16.9. The normalized spacial score (nSPS) is 26.3. The molecule has 41 heavy (non-hydrogen) atoms. The molecular weight excluding hydrogens is 547 g/mol. The number of ether oxygens (including phenoxy) is 2. The van der Waals surface area contributed by atoms with E-state index in [1.54, 1.807) is 6.92 Å². The Bertz CT molecular complexity index is 1730. The average Bonchev–Trinajstić information content (AvgIpc) is 3.25. The second kappa shape index (κ2) is 9.83. The first-order valence-electron chi connectivity index (χ1n) is 16.1. The molecule has 0 aliphatic carbocycles. The molecule has 3 aliphatic rings. The molecule has 8 nitrogen and oxygen atoms in total. The van der Waals surface area contributed by atoms with E-state index in [4.69, 9.17) is 23.7 Å². The smallest absolute Gasteiger partial charge is 0.472 e. The number of rotatable bonds is 5. The Morgan fingerprint density at radius 1 is 1.22 bits per heavy atom. The number of benzene rings is 1. The summed E-state index contributed by atoms with van der Waals surface area (Å²) in [5, 5.41) is 3.49. The summed E-state index contributed by atoms with van der Waals surface area (Å²) in [5.41, 5.74) is 4.28. The Kier molecular flexibility index (Phi) is 5.10. The standard InChI is InChI=1S/C28H31F5N6O2/c1-12-18(7-8-38(3)4)36-26-21-20(12)22(30)23(16-9-14(34)10-17(29)25(16)41-28(31,32)33)37-27(21)40-13(2)24-19-6-5-15(35-19)11-39(24)26/h9-10,13,15,19,24,35H,5-8,11,34H2,1-4H3/t13-,15+,19-,24+/m0/s1/i3D3,4D3. The molecule has 0 unspecified atom stereocenters. The summed E-state index contributed by atoms with van der Waals surface area (Å²) in [6.45, 7) is -2.80. The molecule has 2 bridgehead atoms. The third kappa shape index (κ3) is 4.78. The van der Waals surface area contributed by atoms with E-state index in [2.05, 4.69) is 15.0 Å². The number of fused-ring (bicyclic) bond motifs is 5. The SMILES string of the molecule is [2H]C([2H])([2H])N(CCc1nc2c3c(nc(-c4cc(N)cc(F)c4OC(F)(F)F)c(F)c3c1C)O[C@@H](C)[C@@H]1[C@@H]3CC[C@H](CN21)N3)C([2H])([2H])[2H]. The first-order valence-corrected chi connectivity index (χ1v) is 13.1. The molecule has 0 amide bonds. The van der Waals surface area contributed by atoms with Crippen LogP contribution in [0, 0.1) is 18.6 Å². The first kappa shape index (κ1) is 21.3. The largest absolute Gasteiger partial charge is 0.573 e. The number of anilines is 2. The highest BCUT2D eigenvalue weighted by Crippen LogP contribution is 2.47. The molecule has 6 rings (SSSR count). The number of aromatic nitrogens is 2.